The van der Waals surface area contributed by atoms with E-state index < -0.39 is 5.54 Å². The van der Waals surface area contributed by atoms with E-state index in [1.165, 1.54) is 4.90 Å². The number of hydrogen-bond donors (Lipinski definition) is 1. The van der Waals surface area contributed by atoms with Crippen LogP contribution in [0.1, 0.15) is 44.6 Å². The Morgan fingerprint density at radius 1 is 1.50 bits per heavy atom. The number of carbonyl (C=O) groups excluding carboxylic acids is 1. The fourth-order valence-corrected chi connectivity index (χ4v) is 4.90. The summed E-state index contributed by atoms with van der Waals surface area (Å²) < 4.78 is 7.38. The summed E-state index contributed by atoms with van der Waals surface area (Å²) in [5, 5.41) is 0. The number of hydrogen-bond acceptors (Lipinski definition) is 4. The highest BCUT2D eigenvalue weighted by molar-refractivity contribution is 9.10. The Morgan fingerprint density at radius 2 is 2.29 bits per heavy atom. The second-order valence-electron chi connectivity index (χ2n) is 7.31. The first kappa shape index (κ1) is 15.9. The van der Waals surface area contributed by atoms with Crippen LogP contribution in [0.3, 0.4) is 0 Å². The van der Waals surface area contributed by atoms with Gasteiger partial charge in [-0.05, 0) is 43.4 Å². The van der Waals surface area contributed by atoms with Gasteiger partial charge < -0.3 is 10.5 Å². The van der Waals surface area contributed by atoms with Gasteiger partial charge in [-0.15, -0.1) is 0 Å². The van der Waals surface area contributed by atoms with Crippen molar-refractivity contribution < 1.29 is 9.53 Å². The summed E-state index contributed by atoms with van der Waals surface area (Å²) in [6, 6.07) is 5.84. The molecule has 1 fully saturated rings. The Kier molecular flexibility index (Phi) is 3.46. The number of nitrogens with zero attached hydrogens (tertiary/aromatic N) is 2. The maximum absolute atomic E-state index is 13.1. The molecule has 2 N–H and O–H groups in total. The monoisotopic (exact) mass is 391 g/mol. The summed E-state index contributed by atoms with van der Waals surface area (Å²) in [6.45, 7) is 2.22. The van der Waals surface area contributed by atoms with E-state index in [1.807, 2.05) is 18.2 Å². The molecule has 3 atom stereocenters. The molecule has 5 nitrogen and oxygen atoms in total. The molecule has 24 heavy (non-hydrogen) atoms. The highest BCUT2D eigenvalue weighted by atomic mass is 79.9. The molecule has 0 radical (unpaired) electrons. The third-order valence-corrected chi connectivity index (χ3v) is 6.34. The molecule has 4 rings (SSSR count). The smallest absolute Gasteiger partial charge is 0.261 e. The van der Waals surface area contributed by atoms with Crippen molar-refractivity contribution >= 4 is 27.8 Å². The zero-order valence-electron chi connectivity index (χ0n) is 14.0. The third-order valence-electron chi connectivity index (χ3n) is 5.85. The third kappa shape index (κ3) is 2.11. The fraction of sp³-hybridized carbons (Fsp3) is 0.556. The zero-order chi connectivity index (χ0) is 17.1. The summed E-state index contributed by atoms with van der Waals surface area (Å²) in [5.41, 5.74) is 5.57. The standard InChI is InChI=1S/C18H22BrN3O2/c1-3-11-6-7-17(9-11)10-18(15(23)22(2)16(20)21-18)13-8-12(19)4-5-14(13)24-17/h4-5,8,11H,3,6-7,9-10H2,1-2H3,(H2,20,21). The Morgan fingerprint density at radius 3 is 2.92 bits per heavy atom. The minimum Gasteiger partial charge on any atom is -0.487 e. The Labute approximate surface area is 150 Å². The van der Waals surface area contributed by atoms with Crippen molar-refractivity contribution in [2.24, 2.45) is 16.6 Å². The molecule has 2 aliphatic heterocycles. The van der Waals surface area contributed by atoms with Gasteiger partial charge in [0.05, 0.1) is 0 Å². The van der Waals surface area contributed by atoms with E-state index in [1.54, 1.807) is 7.05 Å². The number of benzene rings is 1. The van der Waals surface area contributed by atoms with E-state index in [2.05, 4.69) is 27.8 Å². The number of halogens is 1. The van der Waals surface area contributed by atoms with Crippen molar-refractivity contribution in [1.82, 2.24) is 4.90 Å². The molecule has 0 saturated heterocycles. The van der Waals surface area contributed by atoms with Gasteiger partial charge >= 0.3 is 0 Å². The minimum absolute atomic E-state index is 0.0537. The zero-order valence-corrected chi connectivity index (χ0v) is 15.6. The van der Waals surface area contributed by atoms with Gasteiger partial charge in [-0.1, -0.05) is 29.3 Å². The molecule has 0 aromatic heterocycles. The number of fused-ring (bicyclic) bond motifs is 2. The molecule has 1 aromatic carbocycles. The Balaban J connectivity index is 1.87. The molecule has 0 bridgehead atoms. The summed E-state index contributed by atoms with van der Waals surface area (Å²) >= 11 is 3.51. The van der Waals surface area contributed by atoms with Crippen LogP contribution in [0.4, 0.5) is 0 Å². The van der Waals surface area contributed by atoms with E-state index >= 15 is 0 Å². The maximum atomic E-state index is 13.1. The van der Waals surface area contributed by atoms with E-state index in [4.69, 9.17) is 10.5 Å². The average molecular weight is 392 g/mol. The van der Waals surface area contributed by atoms with Gasteiger partial charge in [-0.3, -0.25) is 9.69 Å². The van der Waals surface area contributed by atoms with Crippen molar-refractivity contribution in [3.05, 3.63) is 28.2 Å². The Bertz CT molecular complexity index is 750. The quantitative estimate of drug-likeness (QED) is 0.799. The SMILES string of the molecule is CCC1CCC2(C1)CC1(N=C(N)N(C)C1=O)c1cc(Br)ccc1O2. The second-order valence-corrected chi connectivity index (χ2v) is 8.23. The lowest BCUT2D eigenvalue weighted by Crippen LogP contribution is -2.50. The molecule has 128 valence electrons. The molecule has 3 aliphatic rings. The highest BCUT2D eigenvalue weighted by Gasteiger charge is 2.59. The number of aliphatic imine (C=N–C) groups is 1. The normalized spacial score (nSPS) is 34.6. The molecule has 1 saturated carbocycles. The van der Waals surface area contributed by atoms with Crippen LogP contribution in [0, 0.1) is 5.92 Å². The first-order valence-electron chi connectivity index (χ1n) is 8.52. The summed E-state index contributed by atoms with van der Waals surface area (Å²) in [6.07, 6.45) is 4.80. The number of rotatable bonds is 1. The average Bonchev–Trinajstić information content (AvgIpc) is 3.04. The summed E-state index contributed by atoms with van der Waals surface area (Å²) in [7, 11) is 1.69. The van der Waals surface area contributed by atoms with Crippen molar-refractivity contribution in [1.29, 1.82) is 0 Å². The number of likely N-dealkylation sites (N-methyl/N-ethyl adjacent to an activating group) is 1. The predicted molar refractivity (Wildman–Crippen MR) is 95.8 cm³/mol. The summed E-state index contributed by atoms with van der Waals surface area (Å²) in [4.78, 5) is 19.3. The van der Waals surface area contributed by atoms with Crippen LogP contribution in [-0.4, -0.2) is 29.4 Å². The number of ether oxygens (including phenoxy) is 1. The van der Waals surface area contributed by atoms with Crippen molar-refractivity contribution in [2.45, 2.75) is 50.2 Å². The highest BCUT2D eigenvalue weighted by Crippen LogP contribution is 2.55. The molecule has 6 heteroatoms. The van der Waals surface area contributed by atoms with Crippen LogP contribution >= 0.6 is 15.9 Å². The van der Waals surface area contributed by atoms with Gasteiger partial charge in [0.1, 0.15) is 11.4 Å². The van der Waals surface area contributed by atoms with Crippen LogP contribution in [0.25, 0.3) is 0 Å². The van der Waals surface area contributed by atoms with Crippen molar-refractivity contribution in [2.75, 3.05) is 7.05 Å². The number of carbonyl (C=O) groups is 1. The lowest BCUT2D eigenvalue weighted by atomic mass is 9.75. The molecule has 1 amide bonds. The van der Waals surface area contributed by atoms with E-state index in [-0.39, 0.29) is 17.5 Å². The van der Waals surface area contributed by atoms with Crippen LogP contribution < -0.4 is 10.5 Å². The number of amides is 1. The molecular formula is C18H22BrN3O2. The fourth-order valence-electron chi connectivity index (χ4n) is 4.53. The minimum atomic E-state index is -0.946. The lowest BCUT2D eigenvalue weighted by Gasteiger charge is -2.43. The van der Waals surface area contributed by atoms with Crippen LogP contribution in [0.15, 0.2) is 27.7 Å². The molecule has 1 aliphatic carbocycles. The summed E-state index contributed by atoms with van der Waals surface area (Å²) in [5.74, 6) is 1.64. The number of nitrogens with two attached hydrogens (primary N) is 1. The Hall–Kier alpha value is -1.56. The van der Waals surface area contributed by atoms with Gasteiger partial charge in [-0.25, -0.2) is 4.99 Å². The van der Waals surface area contributed by atoms with E-state index in [0.29, 0.717) is 12.3 Å². The first-order valence-corrected chi connectivity index (χ1v) is 9.31. The van der Waals surface area contributed by atoms with Crippen LogP contribution in [-0.2, 0) is 10.3 Å². The topological polar surface area (TPSA) is 67.9 Å². The van der Waals surface area contributed by atoms with Crippen molar-refractivity contribution in [3.8, 4) is 5.75 Å². The van der Waals surface area contributed by atoms with Crippen LogP contribution in [0.2, 0.25) is 0 Å². The molecular weight excluding hydrogens is 370 g/mol. The lowest BCUT2D eigenvalue weighted by molar-refractivity contribution is -0.134. The van der Waals surface area contributed by atoms with Gasteiger partial charge in [0, 0.05) is 23.5 Å². The molecule has 3 unspecified atom stereocenters. The van der Waals surface area contributed by atoms with E-state index in [0.717, 1.165) is 41.5 Å². The molecule has 2 heterocycles. The molecule has 1 aromatic rings. The number of guanidine groups is 1. The predicted octanol–water partition coefficient (Wildman–Crippen LogP) is 3.16. The van der Waals surface area contributed by atoms with Crippen molar-refractivity contribution in [3.63, 3.8) is 0 Å². The molecule has 2 spiro atoms. The maximum Gasteiger partial charge on any atom is 0.261 e. The first-order chi connectivity index (χ1) is 11.4. The van der Waals surface area contributed by atoms with E-state index in [9.17, 15) is 4.79 Å². The van der Waals surface area contributed by atoms with Gasteiger partial charge in [0.2, 0.25) is 0 Å². The second kappa shape index (κ2) is 5.22. The van der Waals surface area contributed by atoms with Gasteiger partial charge in [0.15, 0.2) is 11.5 Å². The largest absolute Gasteiger partial charge is 0.487 e. The van der Waals surface area contributed by atoms with Gasteiger partial charge in [0.25, 0.3) is 5.91 Å². The van der Waals surface area contributed by atoms with Gasteiger partial charge in [-0.2, -0.15) is 0 Å². The van der Waals surface area contributed by atoms with Crippen LogP contribution in [0.5, 0.6) is 5.75 Å².